The van der Waals surface area contributed by atoms with Gasteiger partial charge in [-0.1, -0.05) is 44.2 Å². The lowest BCUT2D eigenvalue weighted by Gasteiger charge is -2.21. The number of anilines is 3. The number of rotatable bonds is 6. The summed E-state index contributed by atoms with van der Waals surface area (Å²) in [6.07, 6.45) is 4.88. The first-order valence-electron chi connectivity index (χ1n) is 12.9. The minimum Gasteiger partial charge on any atom is -0.376 e. The van der Waals surface area contributed by atoms with Crippen LogP contribution in [0, 0.1) is 11.3 Å². The maximum atomic E-state index is 14.3. The Labute approximate surface area is 232 Å². The van der Waals surface area contributed by atoms with Crippen molar-refractivity contribution in [3.63, 3.8) is 0 Å². The summed E-state index contributed by atoms with van der Waals surface area (Å²) < 4.78 is 1.59. The second kappa shape index (κ2) is 12.0. The van der Waals surface area contributed by atoms with Gasteiger partial charge >= 0.3 is 0 Å². The number of fused-ring (bicyclic) bond motifs is 1. The van der Waals surface area contributed by atoms with Crippen LogP contribution in [0.25, 0.3) is 27.7 Å². The maximum Gasteiger partial charge on any atom is 0.266 e. The number of nitrogens with two attached hydrogens (primary N) is 1. The van der Waals surface area contributed by atoms with E-state index in [-0.39, 0.29) is 22.9 Å². The third-order valence-electron chi connectivity index (χ3n) is 6.16. The van der Waals surface area contributed by atoms with Gasteiger partial charge in [0.15, 0.2) is 0 Å². The van der Waals surface area contributed by atoms with Crippen molar-refractivity contribution >= 4 is 28.4 Å². The number of benzene rings is 2. The monoisotopic (exact) mass is 533 g/mol. The van der Waals surface area contributed by atoms with Gasteiger partial charge in [0.1, 0.15) is 23.3 Å². The number of nitriles is 1. The number of para-hydroxylation sites is 1. The molecule has 3 aromatic heterocycles. The van der Waals surface area contributed by atoms with Gasteiger partial charge in [0, 0.05) is 25.9 Å². The molecule has 10 heteroatoms. The van der Waals surface area contributed by atoms with Crippen LogP contribution in [0.3, 0.4) is 0 Å². The largest absolute Gasteiger partial charge is 0.376 e. The highest BCUT2D eigenvalue weighted by atomic mass is 16.1. The van der Waals surface area contributed by atoms with E-state index in [1.54, 1.807) is 17.0 Å². The van der Waals surface area contributed by atoms with Crippen molar-refractivity contribution in [2.45, 2.75) is 26.8 Å². The molecule has 0 spiro atoms. The first-order chi connectivity index (χ1) is 19.4. The molecule has 202 valence electrons. The highest BCUT2D eigenvalue weighted by Crippen LogP contribution is 2.30. The SMILES string of the molecule is CC.CC(Nc1nc(N)ncc1C#N)c1nc2cccc(-c3cncc(N(C)C)c3)c2c(=O)n1-c1ccccc1. The van der Waals surface area contributed by atoms with E-state index in [0.717, 1.165) is 16.8 Å². The zero-order chi connectivity index (χ0) is 28.8. The van der Waals surface area contributed by atoms with Crippen molar-refractivity contribution < 1.29 is 0 Å². The Morgan fingerprint density at radius 3 is 2.48 bits per heavy atom. The van der Waals surface area contributed by atoms with Crippen LogP contribution in [0.5, 0.6) is 0 Å². The van der Waals surface area contributed by atoms with Crippen LogP contribution < -0.4 is 21.5 Å². The molecule has 10 nitrogen and oxygen atoms in total. The summed E-state index contributed by atoms with van der Waals surface area (Å²) in [6, 6.07) is 18.5. The summed E-state index contributed by atoms with van der Waals surface area (Å²) in [7, 11) is 3.88. The fourth-order valence-corrected chi connectivity index (χ4v) is 4.28. The minimum atomic E-state index is -0.518. The van der Waals surface area contributed by atoms with Gasteiger partial charge in [0.25, 0.3) is 5.56 Å². The Bertz CT molecular complexity index is 1740. The molecule has 3 heterocycles. The molecule has 0 fully saturated rings. The van der Waals surface area contributed by atoms with Gasteiger partial charge in [0.2, 0.25) is 5.95 Å². The molecule has 0 bridgehead atoms. The fourth-order valence-electron chi connectivity index (χ4n) is 4.28. The van der Waals surface area contributed by atoms with Crippen LogP contribution >= 0.6 is 0 Å². The van der Waals surface area contributed by atoms with Crippen molar-refractivity contribution in [2.75, 3.05) is 30.0 Å². The molecule has 3 N–H and O–H groups in total. The van der Waals surface area contributed by atoms with Crippen LogP contribution in [-0.2, 0) is 0 Å². The van der Waals surface area contributed by atoms with E-state index in [1.807, 2.05) is 94.4 Å². The molecule has 0 amide bonds. The Morgan fingerprint density at radius 1 is 1.02 bits per heavy atom. The summed E-state index contributed by atoms with van der Waals surface area (Å²) >= 11 is 0. The molecule has 5 aromatic rings. The molecule has 5 rings (SSSR count). The molecule has 0 aliphatic heterocycles. The Hall–Kier alpha value is -5.30. The van der Waals surface area contributed by atoms with Crippen LogP contribution in [0.15, 0.2) is 78.0 Å². The van der Waals surface area contributed by atoms with Gasteiger partial charge in [-0.15, -0.1) is 0 Å². The predicted octanol–water partition coefficient (Wildman–Crippen LogP) is 4.96. The van der Waals surface area contributed by atoms with Gasteiger partial charge in [-0.25, -0.2) is 9.97 Å². The van der Waals surface area contributed by atoms with Gasteiger partial charge in [-0.05, 0) is 36.8 Å². The zero-order valence-corrected chi connectivity index (χ0v) is 23.1. The average Bonchev–Trinajstić information content (AvgIpc) is 2.98. The molecule has 40 heavy (non-hydrogen) atoms. The summed E-state index contributed by atoms with van der Waals surface area (Å²) in [4.78, 5) is 33.6. The van der Waals surface area contributed by atoms with Crippen molar-refractivity contribution in [2.24, 2.45) is 0 Å². The highest BCUT2D eigenvalue weighted by Gasteiger charge is 2.21. The van der Waals surface area contributed by atoms with E-state index in [9.17, 15) is 10.1 Å². The molecule has 0 saturated carbocycles. The van der Waals surface area contributed by atoms with Crippen molar-refractivity contribution in [1.82, 2.24) is 24.5 Å². The summed E-state index contributed by atoms with van der Waals surface area (Å²) in [5.74, 6) is 0.748. The number of nitrogens with one attached hydrogen (secondary N) is 1. The quantitative estimate of drug-likeness (QED) is 0.310. The lowest BCUT2D eigenvalue weighted by molar-refractivity contribution is 0.731. The molecule has 2 aromatic carbocycles. The lowest BCUT2D eigenvalue weighted by atomic mass is 10.0. The molecule has 0 aliphatic carbocycles. The van der Waals surface area contributed by atoms with Crippen molar-refractivity contribution in [1.29, 1.82) is 5.26 Å². The minimum absolute atomic E-state index is 0.0313. The Morgan fingerprint density at radius 2 is 1.77 bits per heavy atom. The van der Waals surface area contributed by atoms with E-state index in [0.29, 0.717) is 22.4 Å². The molecule has 0 aliphatic rings. The second-order valence-corrected chi connectivity index (χ2v) is 8.94. The summed E-state index contributed by atoms with van der Waals surface area (Å²) in [6.45, 7) is 5.85. The van der Waals surface area contributed by atoms with Crippen LogP contribution in [0.1, 0.15) is 38.2 Å². The first kappa shape index (κ1) is 27.7. The Balaban J connectivity index is 0.00000181. The molecular weight excluding hydrogens is 502 g/mol. The number of hydrogen-bond acceptors (Lipinski definition) is 9. The molecule has 0 radical (unpaired) electrons. The van der Waals surface area contributed by atoms with E-state index in [1.165, 1.54) is 6.20 Å². The van der Waals surface area contributed by atoms with E-state index >= 15 is 0 Å². The number of hydrogen-bond donors (Lipinski definition) is 2. The van der Waals surface area contributed by atoms with E-state index in [2.05, 4.69) is 26.3 Å². The number of pyridine rings is 1. The van der Waals surface area contributed by atoms with Gasteiger partial charge < -0.3 is 16.0 Å². The zero-order valence-electron chi connectivity index (χ0n) is 23.1. The standard InChI is InChI=1S/C28H25N9O.C2H6/c1-17(33-25-19(13-29)15-32-28(30)35-25)26-34-23-11-7-10-22(18-12-21(36(2)3)16-31-14-18)24(23)27(38)37(26)20-8-5-4-6-9-20;1-2/h4-12,14-17H,1-3H3,(H3,30,32,33,35);1-2H3. The van der Waals surface area contributed by atoms with Crippen LogP contribution in [0.4, 0.5) is 17.5 Å². The predicted molar refractivity (Wildman–Crippen MR) is 159 cm³/mol. The third kappa shape index (κ3) is 5.44. The van der Waals surface area contributed by atoms with Crippen molar-refractivity contribution in [3.8, 4) is 22.9 Å². The van der Waals surface area contributed by atoms with Gasteiger partial charge in [-0.2, -0.15) is 10.2 Å². The number of aromatic nitrogens is 5. The third-order valence-corrected chi connectivity index (χ3v) is 6.16. The number of nitrogen functional groups attached to an aromatic ring is 1. The normalized spacial score (nSPS) is 11.2. The Kier molecular flexibility index (Phi) is 8.35. The fraction of sp³-hybridized carbons (Fsp3) is 0.200. The van der Waals surface area contributed by atoms with Crippen molar-refractivity contribution in [3.05, 3.63) is 94.9 Å². The lowest BCUT2D eigenvalue weighted by Crippen LogP contribution is -2.28. The topological polar surface area (TPSA) is 139 Å². The average molecular weight is 534 g/mol. The molecule has 1 atom stereocenters. The molecule has 0 saturated heterocycles. The molecule has 1 unspecified atom stereocenters. The van der Waals surface area contributed by atoms with Gasteiger partial charge in [-0.3, -0.25) is 14.3 Å². The van der Waals surface area contributed by atoms with E-state index < -0.39 is 6.04 Å². The number of nitrogens with zero attached hydrogens (tertiary/aromatic N) is 7. The highest BCUT2D eigenvalue weighted by molar-refractivity contribution is 5.94. The maximum absolute atomic E-state index is 14.3. The second-order valence-electron chi connectivity index (χ2n) is 8.94. The summed E-state index contributed by atoms with van der Waals surface area (Å²) in [5.41, 5.74) is 9.45. The van der Waals surface area contributed by atoms with E-state index in [4.69, 9.17) is 10.7 Å². The van der Waals surface area contributed by atoms with Gasteiger partial charge in [0.05, 0.1) is 40.7 Å². The van der Waals surface area contributed by atoms with Crippen LogP contribution in [-0.4, -0.2) is 38.6 Å². The smallest absolute Gasteiger partial charge is 0.266 e. The molecular formula is C30H31N9O. The van der Waals surface area contributed by atoms with Crippen LogP contribution in [0.2, 0.25) is 0 Å². The first-order valence-corrected chi connectivity index (χ1v) is 12.9. The summed E-state index contributed by atoms with van der Waals surface area (Å²) in [5, 5.41) is 13.2.